The molecule has 3 amide bonds. The molecule has 0 bridgehead atoms. The van der Waals surface area contributed by atoms with Gasteiger partial charge >= 0.3 is 0 Å². The number of carbonyl (C=O) groups excluding carboxylic acids is 3. The van der Waals surface area contributed by atoms with Gasteiger partial charge in [-0.3, -0.25) is 14.4 Å². The lowest BCUT2D eigenvalue weighted by Gasteiger charge is -2.32. The van der Waals surface area contributed by atoms with Crippen LogP contribution in [0.1, 0.15) is 39.1 Å². The van der Waals surface area contributed by atoms with Crippen LogP contribution in [0.4, 0.5) is 11.4 Å². The molecular formula is C37H36N4O3. The number of piperazine rings is 1. The number of para-hydroxylation sites is 1. The summed E-state index contributed by atoms with van der Waals surface area (Å²) in [4.78, 5) is 46.2. The normalized spacial score (nSPS) is 15.2. The van der Waals surface area contributed by atoms with E-state index in [9.17, 15) is 14.4 Å². The molecule has 7 heteroatoms. The second-order valence-electron chi connectivity index (χ2n) is 11.3. The van der Waals surface area contributed by atoms with Gasteiger partial charge in [-0.1, -0.05) is 72.8 Å². The summed E-state index contributed by atoms with van der Waals surface area (Å²) in [6.45, 7) is 3.76. The number of amides is 3. The predicted molar refractivity (Wildman–Crippen MR) is 176 cm³/mol. The van der Waals surface area contributed by atoms with Gasteiger partial charge in [0.15, 0.2) is 0 Å². The van der Waals surface area contributed by atoms with Gasteiger partial charge in [0.05, 0.1) is 12.1 Å². The molecule has 4 aromatic rings. The molecule has 0 radical (unpaired) electrons. The highest BCUT2D eigenvalue weighted by Gasteiger charge is 2.26. The fraction of sp³-hybridized carbons (Fsp3) is 0.216. The van der Waals surface area contributed by atoms with Crippen LogP contribution in [0.5, 0.6) is 0 Å². The van der Waals surface area contributed by atoms with Crippen molar-refractivity contribution in [1.82, 2.24) is 9.80 Å². The Hall–Kier alpha value is -5.01. The molecule has 0 aliphatic carbocycles. The molecule has 0 spiro atoms. The summed E-state index contributed by atoms with van der Waals surface area (Å²) < 4.78 is 0. The zero-order chi connectivity index (χ0) is 30.5. The molecular weight excluding hydrogens is 548 g/mol. The average Bonchev–Trinajstić information content (AvgIpc) is 3.25. The van der Waals surface area contributed by atoms with Crippen molar-refractivity contribution in [2.24, 2.45) is 0 Å². The van der Waals surface area contributed by atoms with Crippen molar-refractivity contribution in [1.29, 1.82) is 0 Å². The number of rotatable bonds is 6. The fourth-order valence-corrected chi connectivity index (χ4v) is 5.89. The van der Waals surface area contributed by atoms with E-state index in [0.717, 1.165) is 54.1 Å². The van der Waals surface area contributed by atoms with Crippen LogP contribution in [-0.2, 0) is 4.79 Å². The van der Waals surface area contributed by atoms with E-state index in [1.807, 2.05) is 83.8 Å². The number of anilines is 2. The Balaban J connectivity index is 1.16. The lowest BCUT2D eigenvalue weighted by molar-refractivity contribution is -0.131. The highest BCUT2D eigenvalue weighted by molar-refractivity contribution is 6.10. The van der Waals surface area contributed by atoms with Crippen LogP contribution >= 0.6 is 0 Å². The monoisotopic (exact) mass is 584 g/mol. The maximum Gasteiger partial charge on any atom is 0.258 e. The number of benzene rings is 4. The number of nitrogens with one attached hydrogen (secondary N) is 1. The van der Waals surface area contributed by atoms with Crippen molar-refractivity contribution >= 4 is 34.7 Å². The Morgan fingerprint density at radius 2 is 1.36 bits per heavy atom. The van der Waals surface area contributed by atoms with Crippen molar-refractivity contribution in [2.45, 2.75) is 12.8 Å². The number of hydrogen-bond acceptors (Lipinski definition) is 4. The van der Waals surface area contributed by atoms with Gasteiger partial charge in [-0.25, -0.2) is 0 Å². The highest BCUT2D eigenvalue weighted by Crippen LogP contribution is 2.34. The lowest BCUT2D eigenvalue weighted by atomic mass is 9.99. The number of fused-ring (bicyclic) bond motifs is 1. The van der Waals surface area contributed by atoms with Gasteiger partial charge in [0.2, 0.25) is 5.91 Å². The van der Waals surface area contributed by atoms with Gasteiger partial charge in [-0.05, 0) is 66.6 Å². The number of hydrogen-bond donors (Lipinski definition) is 1. The van der Waals surface area contributed by atoms with E-state index in [1.165, 1.54) is 0 Å². The van der Waals surface area contributed by atoms with Crippen LogP contribution in [0, 0.1) is 0 Å². The van der Waals surface area contributed by atoms with E-state index in [-0.39, 0.29) is 17.7 Å². The van der Waals surface area contributed by atoms with Crippen molar-refractivity contribution < 1.29 is 14.4 Å². The summed E-state index contributed by atoms with van der Waals surface area (Å²) in [5.41, 5.74) is 6.23. The van der Waals surface area contributed by atoms with E-state index in [0.29, 0.717) is 36.2 Å². The number of nitrogens with zero attached hydrogens (tertiary/aromatic N) is 3. The first kappa shape index (κ1) is 29.1. The molecule has 0 aromatic heterocycles. The molecule has 4 aromatic carbocycles. The molecule has 2 heterocycles. The minimum atomic E-state index is -0.213. The Kier molecular flexibility index (Phi) is 8.66. The minimum absolute atomic E-state index is 0.121. The summed E-state index contributed by atoms with van der Waals surface area (Å²) in [6.07, 6.45) is 3.08. The third-order valence-corrected chi connectivity index (χ3v) is 8.37. The first-order chi connectivity index (χ1) is 21.5. The maximum atomic E-state index is 13.8. The molecule has 6 rings (SSSR count). The van der Waals surface area contributed by atoms with Gasteiger partial charge in [-0.2, -0.15) is 0 Å². The van der Waals surface area contributed by atoms with Crippen LogP contribution in [0.2, 0.25) is 0 Å². The fourth-order valence-electron chi connectivity index (χ4n) is 5.89. The van der Waals surface area contributed by atoms with E-state index < -0.39 is 0 Å². The number of carbonyl (C=O) groups is 3. The molecule has 2 aliphatic rings. The average molecular weight is 585 g/mol. The van der Waals surface area contributed by atoms with E-state index in [2.05, 4.69) is 23.3 Å². The summed E-state index contributed by atoms with van der Waals surface area (Å²) in [5, 5.41) is 2.98. The Bertz CT molecular complexity index is 1690. The first-order valence-corrected chi connectivity index (χ1v) is 15.1. The van der Waals surface area contributed by atoms with E-state index in [4.69, 9.17) is 0 Å². The molecule has 44 heavy (non-hydrogen) atoms. The van der Waals surface area contributed by atoms with E-state index in [1.54, 1.807) is 29.2 Å². The van der Waals surface area contributed by atoms with Crippen LogP contribution < -0.4 is 10.2 Å². The SMILES string of the molecule is CN1CCN(C(=O)CC2=CCCN(C(=O)c3ccc(NC(=O)c4ccccc4-c4ccccc4)cc3)c3ccccc32)CC1. The Morgan fingerprint density at radius 3 is 2.11 bits per heavy atom. The second-order valence-corrected chi connectivity index (χ2v) is 11.3. The zero-order valence-corrected chi connectivity index (χ0v) is 24.9. The highest BCUT2D eigenvalue weighted by atomic mass is 16.2. The summed E-state index contributed by atoms with van der Waals surface area (Å²) >= 11 is 0. The summed E-state index contributed by atoms with van der Waals surface area (Å²) in [7, 11) is 2.08. The standard InChI is InChI=1S/C37H36N4O3/c1-39-22-24-40(25-23-39)35(42)26-29-12-9-21-41(34-16-8-7-14-32(29)34)37(44)28-17-19-30(20-18-28)38-36(43)33-15-6-5-13-31(33)27-10-3-2-4-11-27/h2-8,10-20H,9,21-26H2,1H3,(H,38,43). The molecule has 2 aliphatic heterocycles. The maximum absolute atomic E-state index is 13.8. The third-order valence-electron chi connectivity index (χ3n) is 8.37. The van der Waals surface area contributed by atoms with Crippen LogP contribution in [-0.4, -0.2) is 67.3 Å². The van der Waals surface area contributed by atoms with Gasteiger partial charge in [0.25, 0.3) is 11.8 Å². The minimum Gasteiger partial charge on any atom is -0.340 e. The largest absolute Gasteiger partial charge is 0.340 e. The van der Waals surface area contributed by atoms with Gasteiger partial charge in [-0.15, -0.1) is 0 Å². The van der Waals surface area contributed by atoms with Gasteiger partial charge in [0, 0.05) is 55.1 Å². The summed E-state index contributed by atoms with van der Waals surface area (Å²) in [6, 6.07) is 32.2. The second kappa shape index (κ2) is 13.1. The van der Waals surface area contributed by atoms with Crippen LogP contribution in [0.15, 0.2) is 109 Å². The molecule has 1 saturated heterocycles. The molecule has 0 saturated carbocycles. The summed E-state index contributed by atoms with van der Waals surface area (Å²) in [5.74, 6) is -0.206. The first-order valence-electron chi connectivity index (χ1n) is 15.1. The zero-order valence-electron chi connectivity index (χ0n) is 24.9. The quantitative estimate of drug-likeness (QED) is 0.293. The smallest absolute Gasteiger partial charge is 0.258 e. The Morgan fingerprint density at radius 1 is 0.705 bits per heavy atom. The van der Waals surface area contributed by atoms with Crippen molar-refractivity contribution in [2.75, 3.05) is 50.0 Å². The lowest BCUT2D eigenvalue weighted by Crippen LogP contribution is -2.47. The van der Waals surface area contributed by atoms with Crippen LogP contribution in [0.25, 0.3) is 16.7 Å². The van der Waals surface area contributed by atoms with Crippen molar-refractivity contribution in [3.8, 4) is 11.1 Å². The van der Waals surface area contributed by atoms with E-state index >= 15 is 0 Å². The van der Waals surface area contributed by atoms with Gasteiger partial charge < -0.3 is 20.0 Å². The molecule has 1 fully saturated rings. The molecule has 0 unspecified atom stereocenters. The Labute approximate surface area is 258 Å². The molecule has 0 atom stereocenters. The molecule has 7 nitrogen and oxygen atoms in total. The van der Waals surface area contributed by atoms with Crippen molar-refractivity contribution in [3.63, 3.8) is 0 Å². The molecule has 222 valence electrons. The van der Waals surface area contributed by atoms with Gasteiger partial charge in [0.1, 0.15) is 0 Å². The molecule has 1 N–H and O–H groups in total. The predicted octanol–water partition coefficient (Wildman–Crippen LogP) is 6.20. The van der Waals surface area contributed by atoms with Crippen LogP contribution in [0.3, 0.4) is 0 Å². The van der Waals surface area contributed by atoms with Crippen molar-refractivity contribution in [3.05, 3.63) is 126 Å². The number of likely N-dealkylation sites (N-methyl/N-ethyl adjacent to an activating group) is 1. The topological polar surface area (TPSA) is 73.0 Å². The third kappa shape index (κ3) is 6.33.